The molecule has 18 heavy (non-hydrogen) atoms. The van der Waals surface area contributed by atoms with Gasteiger partial charge in [-0.3, -0.25) is 4.79 Å². The molecule has 0 atom stereocenters. The van der Waals surface area contributed by atoms with Crippen LogP contribution >= 0.6 is 0 Å². The van der Waals surface area contributed by atoms with Crippen molar-refractivity contribution < 1.29 is 14.7 Å². The van der Waals surface area contributed by atoms with Gasteiger partial charge in [0.1, 0.15) is 0 Å². The van der Waals surface area contributed by atoms with Crippen molar-refractivity contribution in [2.75, 3.05) is 5.32 Å². The van der Waals surface area contributed by atoms with Crippen LogP contribution in [0, 0.1) is 6.92 Å². The van der Waals surface area contributed by atoms with E-state index in [-0.39, 0.29) is 11.5 Å². The number of anilines is 1. The number of benzene rings is 1. The number of amides is 1. The van der Waals surface area contributed by atoms with E-state index in [4.69, 9.17) is 5.11 Å². The maximum atomic E-state index is 11.5. The van der Waals surface area contributed by atoms with Gasteiger partial charge in [0.2, 0.25) is 5.91 Å². The van der Waals surface area contributed by atoms with E-state index < -0.39 is 5.97 Å². The molecule has 0 radical (unpaired) electrons. The van der Waals surface area contributed by atoms with E-state index in [2.05, 4.69) is 5.32 Å². The SMILES string of the molecule is C/C=C/C=C/C(=O)Nc1cc(C(=O)O)ccc1C. The molecule has 0 spiro atoms. The van der Waals surface area contributed by atoms with Gasteiger partial charge in [-0.15, -0.1) is 0 Å². The summed E-state index contributed by atoms with van der Waals surface area (Å²) in [5.41, 5.74) is 1.46. The molecule has 0 aliphatic heterocycles. The zero-order chi connectivity index (χ0) is 13.5. The minimum absolute atomic E-state index is 0.147. The van der Waals surface area contributed by atoms with Crippen LogP contribution in [0.1, 0.15) is 22.8 Å². The molecule has 1 aromatic rings. The van der Waals surface area contributed by atoms with E-state index in [1.165, 1.54) is 18.2 Å². The fourth-order valence-electron chi connectivity index (χ4n) is 1.32. The van der Waals surface area contributed by atoms with Crippen LogP contribution in [-0.2, 0) is 4.79 Å². The highest BCUT2D eigenvalue weighted by Gasteiger charge is 2.07. The largest absolute Gasteiger partial charge is 0.478 e. The highest BCUT2D eigenvalue weighted by atomic mass is 16.4. The molecule has 0 heterocycles. The maximum absolute atomic E-state index is 11.5. The second kappa shape index (κ2) is 6.39. The Hall–Kier alpha value is -2.36. The summed E-state index contributed by atoms with van der Waals surface area (Å²) in [7, 11) is 0. The molecule has 2 N–H and O–H groups in total. The van der Waals surface area contributed by atoms with Crippen molar-refractivity contribution in [3.05, 3.63) is 53.6 Å². The number of carboxylic acid groups (broad SMARTS) is 1. The second-order valence-corrected chi connectivity index (χ2v) is 3.71. The first-order valence-electron chi connectivity index (χ1n) is 5.49. The van der Waals surface area contributed by atoms with Crippen molar-refractivity contribution in [2.45, 2.75) is 13.8 Å². The average Bonchev–Trinajstić information content (AvgIpc) is 2.32. The van der Waals surface area contributed by atoms with E-state index in [0.29, 0.717) is 5.69 Å². The molecule has 0 saturated carbocycles. The Kier molecular flexibility index (Phi) is 4.87. The average molecular weight is 245 g/mol. The molecule has 4 heteroatoms. The second-order valence-electron chi connectivity index (χ2n) is 3.71. The van der Waals surface area contributed by atoms with Crippen LogP contribution in [0.25, 0.3) is 0 Å². The van der Waals surface area contributed by atoms with Crippen molar-refractivity contribution in [1.29, 1.82) is 0 Å². The molecular formula is C14H15NO3. The predicted octanol–water partition coefficient (Wildman–Crippen LogP) is 2.76. The van der Waals surface area contributed by atoms with Gasteiger partial charge < -0.3 is 10.4 Å². The Morgan fingerprint density at radius 1 is 1.28 bits per heavy atom. The Balaban J connectivity index is 2.86. The Morgan fingerprint density at radius 3 is 2.61 bits per heavy atom. The smallest absolute Gasteiger partial charge is 0.335 e. The third-order valence-corrected chi connectivity index (χ3v) is 2.29. The van der Waals surface area contributed by atoms with E-state index >= 15 is 0 Å². The van der Waals surface area contributed by atoms with Gasteiger partial charge in [-0.2, -0.15) is 0 Å². The summed E-state index contributed by atoms with van der Waals surface area (Å²) in [6, 6.07) is 4.61. The topological polar surface area (TPSA) is 66.4 Å². The molecule has 1 amide bonds. The summed E-state index contributed by atoms with van der Waals surface area (Å²) >= 11 is 0. The van der Waals surface area contributed by atoms with Gasteiger partial charge in [0, 0.05) is 11.8 Å². The molecule has 0 aliphatic rings. The highest BCUT2D eigenvalue weighted by molar-refractivity contribution is 6.01. The molecule has 0 unspecified atom stereocenters. The normalized spacial score (nSPS) is 11.0. The van der Waals surface area contributed by atoms with Crippen molar-refractivity contribution >= 4 is 17.6 Å². The lowest BCUT2D eigenvalue weighted by atomic mass is 10.1. The molecule has 0 saturated heterocycles. The lowest BCUT2D eigenvalue weighted by molar-refractivity contribution is -0.111. The number of hydrogen-bond acceptors (Lipinski definition) is 2. The Morgan fingerprint density at radius 2 is 2.00 bits per heavy atom. The number of hydrogen-bond donors (Lipinski definition) is 2. The van der Waals surface area contributed by atoms with Crippen LogP contribution in [-0.4, -0.2) is 17.0 Å². The molecule has 4 nitrogen and oxygen atoms in total. The van der Waals surface area contributed by atoms with Crippen molar-refractivity contribution in [3.63, 3.8) is 0 Å². The lowest BCUT2D eigenvalue weighted by Gasteiger charge is -2.07. The van der Waals surface area contributed by atoms with Crippen LogP contribution in [0.15, 0.2) is 42.5 Å². The number of carboxylic acids is 1. The van der Waals surface area contributed by atoms with Gasteiger partial charge >= 0.3 is 5.97 Å². The van der Waals surface area contributed by atoms with Gasteiger partial charge in [-0.05, 0) is 31.5 Å². The van der Waals surface area contributed by atoms with Gasteiger partial charge in [-0.1, -0.05) is 24.3 Å². The lowest BCUT2D eigenvalue weighted by Crippen LogP contribution is -2.10. The first kappa shape index (κ1) is 13.7. The predicted molar refractivity (Wildman–Crippen MR) is 70.7 cm³/mol. The summed E-state index contributed by atoms with van der Waals surface area (Å²) in [6.07, 6.45) is 6.54. The molecular weight excluding hydrogens is 230 g/mol. The van der Waals surface area contributed by atoms with Crippen LogP contribution in [0.3, 0.4) is 0 Å². The summed E-state index contributed by atoms with van der Waals surface area (Å²) in [4.78, 5) is 22.4. The van der Waals surface area contributed by atoms with E-state index in [1.54, 1.807) is 31.2 Å². The van der Waals surface area contributed by atoms with Gasteiger partial charge in [0.15, 0.2) is 0 Å². The van der Waals surface area contributed by atoms with Gasteiger partial charge in [0.25, 0.3) is 0 Å². The van der Waals surface area contributed by atoms with E-state index in [9.17, 15) is 9.59 Å². The van der Waals surface area contributed by atoms with Crippen LogP contribution in [0.2, 0.25) is 0 Å². The standard InChI is InChI=1S/C14H15NO3/c1-3-4-5-6-13(16)15-12-9-11(14(17)18)8-7-10(12)2/h3-9H,1-2H3,(H,15,16)(H,17,18)/b4-3+,6-5+. The molecule has 0 aromatic heterocycles. The number of carbonyl (C=O) groups excluding carboxylic acids is 1. The summed E-state index contributed by atoms with van der Waals surface area (Å²) in [5, 5.41) is 11.5. The van der Waals surface area contributed by atoms with Crippen molar-refractivity contribution in [2.24, 2.45) is 0 Å². The Bertz CT molecular complexity index is 516. The fraction of sp³-hybridized carbons (Fsp3) is 0.143. The molecule has 94 valence electrons. The van der Waals surface area contributed by atoms with Crippen LogP contribution in [0.4, 0.5) is 5.69 Å². The maximum Gasteiger partial charge on any atom is 0.335 e. The summed E-state index contributed by atoms with van der Waals surface area (Å²) < 4.78 is 0. The number of rotatable bonds is 4. The number of aryl methyl sites for hydroxylation is 1. The zero-order valence-electron chi connectivity index (χ0n) is 10.3. The number of aromatic carboxylic acids is 1. The number of carbonyl (C=O) groups is 2. The first-order chi connectivity index (χ1) is 8.54. The minimum Gasteiger partial charge on any atom is -0.478 e. The quantitative estimate of drug-likeness (QED) is 0.633. The van der Waals surface area contributed by atoms with Crippen LogP contribution in [0.5, 0.6) is 0 Å². The fourth-order valence-corrected chi connectivity index (χ4v) is 1.32. The third kappa shape index (κ3) is 3.90. The first-order valence-corrected chi connectivity index (χ1v) is 5.49. The van der Waals surface area contributed by atoms with Gasteiger partial charge in [0.05, 0.1) is 5.56 Å². The Labute approximate surface area is 106 Å². The zero-order valence-corrected chi connectivity index (χ0v) is 10.3. The number of nitrogens with one attached hydrogen (secondary N) is 1. The highest BCUT2D eigenvalue weighted by Crippen LogP contribution is 2.16. The summed E-state index contributed by atoms with van der Waals surface area (Å²) in [5.74, 6) is -1.31. The molecule has 1 aromatic carbocycles. The molecule has 0 aliphatic carbocycles. The van der Waals surface area contributed by atoms with Crippen molar-refractivity contribution in [1.82, 2.24) is 0 Å². The van der Waals surface area contributed by atoms with Crippen LogP contribution < -0.4 is 5.32 Å². The summed E-state index contributed by atoms with van der Waals surface area (Å²) in [6.45, 7) is 3.65. The van der Waals surface area contributed by atoms with E-state index in [1.807, 2.05) is 6.92 Å². The molecule has 1 rings (SSSR count). The van der Waals surface area contributed by atoms with E-state index in [0.717, 1.165) is 5.56 Å². The van der Waals surface area contributed by atoms with Crippen molar-refractivity contribution in [3.8, 4) is 0 Å². The molecule has 0 fully saturated rings. The number of allylic oxidation sites excluding steroid dienone is 3. The minimum atomic E-state index is -1.02. The monoisotopic (exact) mass is 245 g/mol. The van der Waals surface area contributed by atoms with Gasteiger partial charge in [-0.25, -0.2) is 4.79 Å². The third-order valence-electron chi connectivity index (χ3n) is 2.29. The molecule has 0 bridgehead atoms.